The molecule has 2 aromatic carbocycles. The molecule has 1 saturated carbocycles. The summed E-state index contributed by atoms with van der Waals surface area (Å²) in [5.41, 5.74) is 3.65. The van der Waals surface area contributed by atoms with E-state index < -0.39 is 0 Å². The lowest BCUT2D eigenvalue weighted by Gasteiger charge is -2.48. The van der Waals surface area contributed by atoms with E-state index in [1.54, 1.807) is 0 Å². The molecule has 132 valence electrons. The van der Waals surface area contributed by atoms with Gasteiger partial charge in [0.2, 0.25) is 0 Å². The first-order valence-corrected chi connectivity index (χ1v) is 9.90. The first kappa shape index (κ1) is 17.2. The number of piperazine rings is 1. The van der Waals surface area contributed by atoms with Crippen molar-refractivity contribution in [3.8, 4) is 0 Å². The Morgan fingerprint density at radius 3 is 2.36 bits per heavy atom. The number of rotatable bonds is 3. The Kier molecular flexibility index (Phi) is 4.95. The molecule has 1 heterocycles. The van der Waals surface area contributed by atoms with Crippen LogP contribution in [0.5, 0.6) is 0 Å². The first-order chi connectivity index (χ1) is 12.1. The predicted molar refractivity (Wildman–Crippen MR) is 107 cm³/mol. The maximum Gasteiger partial charge on any atom is 0.0670 e. The minimum Gasteiger partial charge on any atom is -0.361 e. The van der Waals surface area contributed by atoms with Gasteiger partial charge in [-0.3, -0.25) is 4.90 Å². The maximum atomic E-state index is 6.60. The van der Waals surface area contributed by atoms with Gasteiger partial charge >= 0.3 is 0 Å². The van der Waals surface area contributed by atoms with Crippen LogP contribution in [0.2, 0.25) is 10.0 Å². The molecule has 0 spiro atoms. The summed E-state index contributed by atoms with van der Waals surface area (Å²) < 4.78 is 0. The highest BCUT2D eigenvalue weighted by Gasteiger charge is 2.34. The van der Waals surface area contributed by atoms with E-state index in [1.165, 1.54) is 30.4 Å². The summed E-state index contributed by atoms with van der Waals surface area (Å²) in [5.74, 6) is 0. The fraction of sp³-hybridized carbons (Fsp3) is 0.429. The van der Waals surface area contributed by atoms with Crippen LogP contribution >= 0.6 is 23.2 Å². The second-order valence-corrected chi connectivity index (χ2v) is 8.14. The molecule has 1 aliphatic heterocycles. The number of hydrogen-bond acceptors (Lipinski definition) is 2. The highest BCUT2D eigenvalue weighted by atomic mass is 35.5. The normalized spacial score (nSPS) is 22.0. The van der Waals surface area contributed by atoms with Gasteiger partial charge in [0.1, 0.15) is 0 Å². The topological polar surface area (TPSA) is 6.48 Å². The molecule has 1 saturated heterocycles. The third-order valence-corrected chi connectivity index (χ3v) is 6.22. The van der Waals surface area contributed by atoms with Crippen LogP contribution in [0, 0.1) is 6.92 Å². The number of halogens is 2. The molecule has 4 rings (SSSR count). The molecule has 0 radical (unpaired) electrons. The lowest BCUT2D eigenvalue weighted by atomic mass is 9.89. The molecule has 1 unspecified atom stereocenters. The van der Waals surface area contributed by atoms with Gasteiger partial charge in [0, 0.05) is 30.7 Å². The van der Waals surface area contributed by atoms with Gasteiger partial charge in [0.15, 0.2) is 0 Å². The zero-order valence-electron chi connectivity index (χ0n) is 14.6. The van der Waals surface area contributed by atoms with Crippen molar-refractivity contribution in [3.05, 3.63) is 63.6 Å². The molecule has 25 heavy (non-hydrogen) atoms. The van der Waals surface area contributed by atoms with Gasteiger partial charge in [-0.25, -0.2) is 0 Å². The first-order valence-electron chi connectivity index (χ1n) is 9.14. The van der Waals surface area contributed by atoms with Crippen LogP contribution in [-0.2, 0) is 0 Å². The summed E-state index contributed by atoms with van der Waals surface area (Å²) in [7, 11) is 0. The van der Waals surface area contributed by atoms with Crippen molar-refractivity contribution in [2.45, 2.75) is 38.3 Å². The standard InChI is InChI=1S/C21H24Cl2N2/c1-15-5-10-20(19(23)13-15)25-12-11-24(18-3-2-4-18)14-21(25)16-6-8-17(22)9-7-16/h5-10,13,18,21H,2-4,11-12,14H2,1H3. The van der Waals surface area contributed by atoms with E-state index in [1.807, 2.05) is 12.1 Å². The fourth-order valence-electron chi connectivity index (χ4n) is 3.99. The zero-order chi connectivity index (χ0) is 17.4. The van der Waals surface area contributed by atoms with E-state index in [2.05, 4.69) is 47.1 Å². The number of hydrogen-bond donors (Lipinski definition) is 0. The van der Waals surface area contributed by atoms with E-state index >= 15 is 0 Å². The Labute approximate surface area is 160 Å². The maximum absolute atomic E-state index is 6.60. The van der Waals surface area contributed by atoms with Gasteiger partial charge in [-0.05, 0) is 55.2 Å². The monoisotopic (exact) mass is 374 g/mol. The van der Waals surface area contributed by atoms with Crippen molar-refractivity contribution >= 4 is 28.9 Å². The van der Waals surface area contributed by atoms with Crippen LogP contribution in [-0.4, -0.2) is 30.6 Å². The summed E-state index contributed by atoms with van der Waals surface area (Å²) in [6, 6.07) is 15.8. The Hall–Kier alpha value is -1.22. The minimum atomic E-state index is 0.312. The van der Waals surface area contributed by atoms with Crippen LogP contribution < -0.4 is 4.90 Å². The summed E-state index contributed by atoms with van der Waals surface area (Å²) in [6.07, 6.45) is 4.07. The molecular weight excluding hydrogens is 351 g/mol. The Bertz CT molecular complexity index is 740. The van der Waals surface area contributed by atoms with Gasteiger partial charge in [-0.15, -0.1) is 0 Å². The molecule has 2 aliphatic rings. The fourth-order valence-corrected chi connectivity index (χ4v) is 4.46. The molecule has 2 aromatic rings. The lowest BCUT2D eigenvalue weighted by Crippen LogP contribution is -2.53. The highest BCUT2D eigenvalue weighted by molar-refractivity contribution is 6.33. The summed E-state index contributed by atoms with van der Waals surface area (Å²) >= 11 is 12.7. The molecule has 0 amide bonds. The third-order valence-electron chi connectivity index (χ3n) is 5.67. The molecule has 2 fully saturated rings. The van der Waals surface area contributed by atoms with Gasteiger partial charge in [-0.1, -0.05) is 47.8 Å². The van der Waals surface area contributed by atoms with Crippen LogP contribution in [0.4, 0.5) is 5.69 Å². The highest BCUT2D eigenvalue weighted by Crippen LogP contribution is 2.38. The minimum absolute atomic E-state index is 0.312. The molecule has 0 aromatic heterocycles. The molecule has 4 heteroatoms. The number of aryl methyl sites for hydroxylation is 1. The zero-order valence-corrected chi connectivity index (χ0v) is 16.1. The summed E-state index contributed by atoms with van der Waals surface area (Å²) in [5, 5.41) is 1.63. The SMILES string of the molecule is Cc1ccc(N2CCN(C3CCC3)CC2c2ccc(Cl)cc2)c(Cl)c1. The van der Waals surface area contributed by atoms with Crippen molar-refractivity contribution < 1.29 is 0 Å². The second-order valence-electron chi connectivity index (χ2n) is 7.30. The quantitative estimate of drug-likeness (QED) is 0.677. The smallest absolute Gasteiger partial charge is 0.0670 e. The van der Waals surface area contributed by atoms with Gasteiger partial charge < -0.3 is 4.90 Å². The number of benzene rings is 2. The predicted octanol–water partition coefficient (Wildman–Crippen LogP) is 5.72. The van der Waals surface area contributed by atoms with Crippen molar-refractivity contribution in [2.24, 2.45) is 0 Å². The molecule has 0 N–H and O–H groups in total. The van der Waals surface area contributed by atoms with E-state index in [0.29, 0.717) is 6.04 Å². The van der Waals surface area contributed by atoms with E-state index in [9.17, 15) is 0 Å². The molecule has 1 aliphatic carbocycles. The molecule has 0 bridgehead atoms. The van der Waals surface area contributed by atoms with Crippen LogP contribution in [0.15, 0.2) is 42.5 Å². The summed E-state index contributed by atoms with van der Waals surface area (Å²) in [6.45, 7) is 5.25. The lowest BCUT2D eigenvalue weighted by molar-refractivity contribution is 0.103. The van der Waals surface area contributed by atoms with Crippen molar-refractivity contribution in [1.29, 1.82) is 0 Å². The average Bonchev–Trinajstić information content (AvgIpc) is 2.54. The van der Waals surface area contributed by atoms with Gasteiger partial charge in [0.25, 0.3) is 0 Å². The molecular formula is C21H24Cl2N2. The van der Waals surface area contributed by atoms with Crippen molar-refractivity contribution in [3.63, 3.8) is 0 Å². The average molecular weight is 375 g/mol. The Balaban J connectivity index is 1.67. The van der Waals surface area contributed by atoms with E-state index in [-0.39, 0.29) is 0 Å². The van der Waals surface area contributed by atoms with Gasteiger partial charge in [-0.2, -0.15) is 0 Å². The van der Waals surface area contributed by atoms with Crippen LogP contribution in [0.3, 0.4) is 0 Å². The van der Waals surface area contributed by atoms with Crippen molar-refractivity contribution in [1.82, 2.24) is 4.90 Å². The molecule has 1 atom stereocenters. The Morgan fingerprint density at radius 2 is 1.72 bits per heavy atom. The number of nitrogens with zero attached hydrogens (tertiary/aromatic N) is 2. The van der Waals surface area contributed by atoms with Crippen LogP contribution in [0.25, 0.3) is 0 Å². The number of anilines is 1. The third kappa shape index (κ3) is 3.53. The largest absolute Gasteiger partial charge is 0.361 e. The van der Waals surface area contributed by atoms with E-state index in [4.69, 9.17) is 23.2 Å². The van der Waals surface area contributed by atoms with Gasteiger partial charge in [0.05, 0.1) is 16.8 Å². The molecule has 2 nitrogen and oxygen atoms in total. The van der Waals surface area contributed by atoms with E-state index in [0.717, 1.165) is 41.4 Å². The Morgan fingerprint density at radius 1 is 0.960 bits per heavy atom. The van der Waals surface area contributed by atoms with Crippen molar-refractivity contribution in [2.75, 3.05) is 24.5 Å². The second kappa shape index (κ2) is 7.19. The van der Waals surface area contributed by atoms with Crippen LogP contribution in [0.1, 0.15) is 36.4 Å². The summed E-state index contributed by atoms with van der Waals surface area (Å²) in [4.78, 5) is 5.14.